The molecule has 0 spiro atoms. The summed E-state index contributed by atoms with van der Waals surface area (Å²) in [6, 6.07) is 0.216. The molecule has 1 atom stereocenters. The Morgan fingerprint density at radius 3 is 2.71 bits per heavy atom. The lowest BCUT2D eigenvalue weighted by Crippen LogP contribution is -2.40. The van der Waals surface area contributed by atoms with Gasteiger partial charge in [0.1, 0.15) is 17.7 Å². The minimum absolute atomic E-state index is 0.0982. The van der Waals surface area contributed by atoms with Gasteiger partial charge in [0.2, 0.25) is 5.95 Å². The molecule has 166 valence electrons. The number of piperidine rings is 2. The lowest BCUT2D eigenvalue weighted by molar-refractivity contribution is 0.247. The Kier molecular flexibility index (Phi) is 5.83. The van der Waals surface area contributed by atoms with E-state index in [-0.39, 0.29) is 11.9 Å². The maximum atomic E-state index is 10.9. The molecular weight excluding hydrogens is 418 g/mol. The third kappa shape index (κ3) is 4.41. The van der Waals surface area contributed by atoms with Crippen LogP contribution in [0.15, 0.2) is 18.7 Å². The molecule has 0 aliphatic carbocycles. The SMILES string of the molecule is O=S([O-])CN1CCC(Nc2nc3c(N4CCCCC4)c(-c4cn[nH]c4)ncn3n2)CC1. The van der Waals surface area contributed by atoms with Gasteiger partial charge in [-0.05, 0) is 43.2 Å². The summed E-state index contributed by atoms with van der Waals surface area (Å²) in [4.78, 5) is 13.8. The van der Waals surface area contributed by atoms with Crippen molar-refractivity contribution in [2.45, 2.75) is 38.1 Å². The highest BCUT2D eigenvalue weighted by Gasteiger charge is 2.24. The lowest BCUT2D eigenvalue weighted by Gasteiger charge is -2.32. The first kappa shape index (κ1) is 20.3. The molecule has 5 heterocycles. The number of anilines is 2. The average Bonchev–Trinajstić information content (AvgIpc) is 3.44. The van der Waals surface area contributed by atoms with Crippen LogP contribution in [0.3, 0.4) is 0 Å². The maximum absolute atomic E-state index is 10.9. The summed E-state index contributed by atoms with van der Waals surface area (Å²) < 4.78 is 23.6. The van der Waals surface area contributed by atoms with E-state index in [1.165, 1.54) is 6.42 Å². The second-order valence-corrected chi connectivity index (χ2v) is 9.02. The van der Waals surface area contributed by atoms with Crippen molar-refractivity contribution in [1.82, 2.24) is 34.7 Å². The molecule has 12 heteroatoms. The van der Waals surface area contributed by atoms with E-state index in [0.29, 0.717) is 5.95 Å². The lowest BCUT2D eigenvalue weighted by atomic mass is 10.1. The number of aromatic nitrogens is 6. The summed E-state index contributed by atoms with van der Waals surface area (Å²) in [6.45, 7) is 3.43. The zero-order valence-corrected chi connectivity index (χ0v) is 18.1. The van der Waals surface area contributed by atoms with Crippen LogP contribution in [0.1, 0.15) is 32.1 Å². The van der Waals surface area contributed by atoms with Gasteiger partial charge in [-0.1, -0.05) is 0 Å². The fourth-order valence-electron chi connectivity index (χ4n) is 4.44. The Morgan fingerprint density at radius 2 is 2.00 bits per heavy atom. The summed E-state index contributed by atoms with van der Waals surface area (Å²) >= 11 is -2.03. The Balaban J connectivity index is 1.41. The second-order valence-electron chi connectivity index (χ2n) is 8.15. The standard InChI is InChI=1S/C19H27N9O2S/c29-31(30)13-26-8-4-15(5-9-26)23-19-24-18-17(27-6-2-1-3-7-27)16(14-10-21-22-11-14)20-12-28(18)25-19/h10-12,15H,1-9,13H2,(H,21,22)(H,23,25)(H,29,30)/p-1. The highest BCUT2D eigenvalue weighted by atomic mass is 32.2. The van der Waals surface area contributed by atoms with E-state index < -0.39 is 11.1 Å². The number of nitrogens with one attached hydrogen (secondary N) is 2. The minimum Gasteiger partial charge on any atom is -0.771 e. The number of hydrogen-bond acceptors (Lipinski definition) is 9. The van der Waals surface area contributed by atoms with Crippen molar-refractivity contribution in [2.24, 2.45) is 0 Å². The Bertz CT molecular complexity index is 1040. The van der Waals surface area contributed by atoms with E-state index in [4.69, 9.17) is 4.98 Å². The van der Waals surface area contributed by atoms with Gasteiger partial charge in [-0.3, -0.25) is 14.2 Å². The van der Waals surface area contributed by atoms with Gasteiger partial charge < -0.3 is 14.8 Å². The normalized spacial score (nSPS) is 19.7. The van der Waals surface area contributed by atoms with E-state index in [0.717, 1.165) is 74.5 Å². The van der Waals surface area contributed by atoms with Gasteiger partial charge in [0, 0.05) is 44.0 Å². The van der Waals surface area contributed by atoms with Gasteiger partial charge in [-0.15, -0.1) is 5.10 Å². The summed E-state index contributed by atoms with van der Waals surface area (Å²) in [6.07, 6.45) is 10.6. The summed E-state index contributed by atoms with van der Waals surface area (Å²) in [7, 11) is 0. The Labute approximate surface area is 182 Å². The zero-order chi connectivity index (χ0) is 21.2. The van der Waals surface area contributed by atoms with Crippen molar-refractivity contribution < 1.29 is 8.76 Å². The fourth-order valence-corrected chi connectivity index (χ4v) is 5.00. The number of H-pyrrole nitrogens is 1. The summed E-state index contributed by atoms with van der Waals surface area (Å²) in [5.74, 6) is 0.677. The van der Waals surface area contributed by atoms with E-state index in [1.807, 2.05) is 11.1 Å². The van der Waals surface area contributed by atoms with Crippen LogP contribution < -0.4 is 10.2 Å². The van der Waals surface area contributed by atoms with E-state index in [1.54, 1.807) is 17.0 Å². The van der Waals surface area contributed by atoms with Crippen LogP contribution in [0.25, 0.3) is 16.9 Å². The zero-order valence-electron chi connectivity index (χ0n) is 17.2. The van der Waals surface area contributed by atoms with Gasteiger partial charge in [0.15, 0.2) is 5.65 Å². The number of fused-ring (bicyclic) bond motifs is 1. The predicted octanol–water partition coefficient (Wildman–Crippen LogP) is 1.22. The van der Waals surface area contributed by atoms with Gasteiger partial charge in [0.05, 0.1) is 12.1 Å². The smallest absolute Gasteiger partial charge is 0.243 e. The minimum atomic E-state index is -2.03. The van der Waals surface area contributed by atoms with Crippen LogP contribution >= 0.6 is 0 Å². The first-order chi connectivity index (χ1) is 15.2. The largest absolute Gasteiger partial charge is 0.771 e. The maximum Gasteiger partial charge on any atom is 0.243 e. The summed E-state index contributed by atoms with van der Waals surface area (Å²) in [5, 5.41) is 15.0. The molecule has 0 aromatic carbocycles. The highest BCUT2D eigenvalue weighted by molar-refractivity contribution is 7.79. The van der Waals surface area contributed by atoms with E-state index in [2.05, 4.69) is 30.5 Å². The molecule has 31 heavy (non-hydrogen) atoms. The van der Waals surface area contributed by atoms with Crippen molar-refractivity contribution in [1.29, 1.82) is 0 Å². The molecule has 0 amide bonds. The van der Waals surface area contributed by atoms with Crippen molar-refractivity contribution in [2.75, 3.05) is 42.3 Å². The van der Waals surface area contributed by atoms with Gasteiger partial charge in [0.25, 0.3) is 0 Å². The fraction of sp³-hybridized carbons (Fsp3) is 0.579. The molecule has 2 aliphatic rings. The van der Waals surface area contributed by atoms with Gasteiger partial charge in [-0.25, -0.2) is 4.98 Å². The van der Waals surface area contributed by atoms with Crippen LogP contribution in [0.5, 0.6) is 0 Å². The molecule has 0 radical (unpaired) electrons. The molecule has 2 aliphatic heterocycles. The number of nitrogens with zero attached hydrogens (tertiary/aromatic N) is 7. The van der Waals surface area contributed by atoms with E-state index in [9.17, 15) is 8.76 Å². The van der Waals surface area contributed by atoms with Crippen LogP contribution in [0.4, 0.5) is 11.6 Å². The van der Waals surface area contributed by atoms with Crippen LogP contribution in [-0.4, -0.2) is 81.5 Å². The third-order valence-electron chi connectivity index (χ3n) is 6.02. The number of aromatic amines is 1. The highest BCUT2D eigenvalue weighted by Crippen LogP contribution is 2.34. The number of rotatable bonds is 6. The number of hydrogen-bond donors (Lipinski definition) is 2. The monoisotopic (exact) mass is 444 g/mol. The van der Waals surface area contributed by atoms with Gasteiger partial charge in [-0.2, -0.15) is 14.6 Å². The molecule has 2 fully saturated rings. The molecule has 2 N–H and O–H groups in total. The molecule has 5 rings (SSSR count). The average molecular weight is 445 g/mol. The molecular formula is C19H26N9O2S-. The van der Waals surface area contributed by atoms with Crippen molar-refractivity contribution in [3.8, 4) is 11.3 Å². The van der Waals surface area contributed by atoms with Gasteiger partial charge >= 0.3 is 0 Å². The van der Waals surface area contributed by atoms with Crippen LogP contribution in [0.2, 0.25) is 0 Å². The Morgan fingerprint density at radius 1 is 1.19 bits per heavy atom. The quantitative estimate of drug-likeness (QED) is 0.539. The van der Waals surface area contributed by atoms with Crippen molar-refractivity contribution in [3.05, 3.63) is 18.7 Å². The molecule has 11 nitrogen and oxygen atoms in total. The molecule has 1 unspecified atom stereocenters. The molecule has 2 saturated heterocycles. The molecule has 0 bridgehead atoms. The molecule has 0 saturated carbocycles. The summed E-state index contributed by atoms with van der Waals surface area (Å²) in [5.41, 5.74) is 3.58. The first-order valence-electron chi connectivity index (χ1n) is 10.7. The topological polar surface area (TPSA) is 130 Å². The van der Waals surface area contributed by atoms with Crippen molar-refractivity contribution >= 4 is 28.4 Å². The van der Waals surface area contributed by atoms with Crippen LogP contribution in [0, 0.1) is 0 Å². The van der Waals surface area contributed by atoms with E-state index >= 15 is 0 Å². The number of likely N-dealkylation sites (tertiary alicyclic amines) is 1. The van der Waals surface area contributed by atoms with Crippen LogP contribution in [-0.2, 0) is 11.1 Å². The predicted molar refractivity (Wildman–Crippen MR) is 116 cm³/mol. The third-order valence-corrected chi connectivity index (χ3v) is 6.59. The Hall–Kier alpha value is -2.57. The first-order valence-corrected chi connectivity index (χ1v) is 12.0. The second kappa shape index (κ2) is 8.89. The molecule has 3 aromatic heterocycles. The van der Waals surface area contributed by atoms with Crippen molar-refractivity contribution in [3.63, 3.8) is 0 Å². The molecule has 3 aromatic rings.